The van der Waals surface area contributed by atoms with Crippen LogP contribution in [0.4, 0.5) is 10.5 Å². The van der Waals surface area contributed by atoms with Crippen LogP contribution in [0, 0.1) is 11.3 Å². The second kappa shape index (κ2) is 8.67. The summed E-state index contributed by atoms with van der Waals surface area (Å²) in [4.78, 5) is 24.2. The summed E-state index contributed by atoms with van der Waals surface area (Å²) in [6, 6.07) is 8.78. The Balaban J connectivity index is 2.24. The number of rotatable bonds is 7. The summed E-state index contributed by atoms with van der Waals surface area (Å²) < 4.78 is 1.71. The molecular weight excluding hydrogens is 334 g/mol. The Kier molecular flexibility index (Phi) is 6.33. The maximum Gasteiger partial charge on any atom is 0.321 e. The van der Waals surface area contributed by atoms with Crippen molar-refractivity contribution in [3.05, 3.63) is 41.7 Å². The molecule has 0 aliphatic heterocycles. The van der Waals surface area contributed by atoms with E-state index in [2.05, 4.69) is 16.5 Å². The number of aromatic nitrogens is 2. The van der Waals surface area contributed by atoms with Gasteiger partial charge < -0.3 is 15.3 Å². The van der Waals surface area contributed by atoms with Crippen LogP contribution in [-0.4, -0.2) is 45.4 Å². The van der Waals surface area contributed by atoms with Gasteiger partial charge in [0, 0.05) is 13.6 Å². The number of nitrogens with zero attached hydrogens (tertiary/aromatic N) is 4. The number of anilines is 1. The van der Waals surface area contributed by atoms with E-state index >= 15 is 0 Å². The van der Waals surface area contributed by atoms with E-state index in [0.29, 0.717) is 17.7 Å². The molecule has 2 rings (SSSR count). The maximum atomic E-state index is 12.3. The van der Waals surface area contributed by atoms with E-state index in [9.17, 15) is 9.59 Å². The Morgan fingerprint density at radius 3 is 2.85 bits per heavy atom. The van der Waals surface area contributed by atoms with E-state index in [1.54, 1.807) is 36.1 Å². The quantitative estimate of drug-likeness (QED) is 0.793. The van der Waals surface area contributed by atoms with Crippen LogP contribution in [0.25, 0.3) is 5.69 Å². The predicted octanol–water partition coefficient (Wildman–Crippen LogP) is 2.63. The fourth-order valence-corrected chi connectivity index (χ4v) is 2.46. The zero-order chi connectivity index (χ0) is 19.1. The normalized spacial score (nSPS) is 10.2. The molecular formula is C18H21N5O3. The van der Waals surface area contributed by atoms with Gasteiger partial charge in [-0.3, -0.25) is 4.79 Å². The molecule has 2 amide bonds. The molecule has 8 heteroatoms. The van der Waals surface area contributed by atoms with E-state index in [1.165, 1.54) is 4.90 Å². The zero-order valence-corrected chi connectivity index (χ0v) is 14.8. The fraction of sp³-hybridized carbons (Fsp3) is 0.333. The van der Waals surface area contributed by atoms with E-state index in [-0.39, 0.29) is 13.0 Å². The summed E-state index contributed by atoms with van der Waals surface area (Å²) in [6.07, 6.45) is 2.98. The number of carbonyl (C=O) groups excluding carboxylic acids is 1. The molecule has 0 atom stereocenters. The molecule has 0 spiro atoms. The number of aliphatic carboxylic acids is 1. The van der Waals surface area contributed by atoms with Crippen molar-refractivity contribution < 1.29 is 14.7 Å². The highest BCUT2D eigenvalue weighted by molar-refractivity contribution is 5.90. The third kappa shape index (κ3) is 4.60. The molecule has 0 aliphatic carbocycles. The van der Waals surface area contributed by atoms with Crippen molar-refractivity contribution in [3.8, 4) is 11.8 Å². The SMILES string of the molecule is CCCc1c(NC(=O)N(C)CCC(=O)O)cnn1-c1cccc(C#N)c1. The Labute approximate surface area is 151 Å². The first-order valence-electron chi connectivity index (χ1n) is 8.27. The van der Waals surface area contributed by atoms with Crippen molar-refractivity contribution in [2.45, 2.75) is 26.2 Å². The van der Waals surface area contributed by atoms with Crippen molar-refractivity contribution in [1.29, 1.82) is 5.26 Å². The molecule has 26 heavy (non-hydrogen) atoms. The van der Waals surface area contributed by atoms with Gasteiger partial charge in [-0.25, -0.2) is 9.48 Å². The molecule has 0 saturated carbocycles. The lowest BCUT2D eigenvalue weighted by molar-refractivity contribution is -0.137. The second-order valence-corrected chi connectivity index (χ2v) is 5.82. The van der Waals surface area contributed by atoms with Crippen LogP contribution in [-0.2, 0) is 11.2 Å². The number of nitriles is 1. The summed E-state index contributed by atoms with van der Waals surface area (Å²) in [5, 5.41) is 24.9. The van der Waals surface area contributed by atoms with Gasteiger partial charge in [0.15, 0.2) is 0 Å². The monoisotopic (exact) mass is 355 g/mol. The van der Waals surface area contributed by atoms with Gasteiger partial charge in [-0.15, -0.1) is 0 Å². The van der Waals surface area contributed by atoms with Gasteiger partial charge >= 0.3 is 12.0 Å². The minimum atomic E-state index is -0.957. The summed E-state index contributed by atoms with van der Waals surface area (Å²) in [6.45, 7) is 2.14. The Morgan fingerprint density at radius 1 is 1.42 bits per heavy atom. The van der Waals surface area contributed by atoms with Crippen molar-refractivity contribution in [1.82, 2.24) is 14.7 Å². The van der Waals surface area contributed by atoms with E-state index in [4.69, 9.17) is 10.4 Å². The molecule has 0 aliphatic rings. The molecule has 0 radical (unpaired) electrons. The predicted molar refractivity (Wildman–Crippen MR) is 96.2 cm³/mol. The molecule has 136 valence electrons. The zero-order valence-electron chi connectivity index (χ0n) is 14.8. The average molecular weight is 355 g/mol. The van der Waals surface area contributed by atoms with Crippen molar-refractivity contribution in [3.63, 3.8) is 0 Å². The number of urea groups is 1. The lowest BCUT2D eigenvalue weighted by Crippen LogP contribution is -2.33. The third-order valence-electron chi connectivity index (χ3n) is 3.82. The van der Waals surface area contributed by atoms with Crippen LogP contribution >= 0.6 is 0 Å². The number of nitrogens with one attached hydrogen (secondary N) is 1. The van der Waals surface area contributed by atoms with Crippen molar-refractivity contribution in [2.24, 2.45) is 0 Å². The van der Waals surface area contributed by atoms with Gasteiger partial charge in [0.05, 0.1) is 41.3 Å². The standard InChI is InChI=1S/C18H21N5O3/c1-3-5-16-15(21-18(26)22(2)9-8-17(24)25)12-20-23(16)14-7-4-6-13(10-14)11-19/h4,6-7,10,12H,3,5,8-9H2,1-2H3,(H,21,26)(H,24,25). The van der Waals surface area contributed by atoms with E-state index < -0.39 is 12.0 Å². The maximum absolute atomic E-state index is 12.3. The smallest absolute Gasteiger partial charge is 0.321 e. The lowest BCUT2D eigenvalue weighted by atomic mass is 10.2. The van der Waals surface area contributed by atoms with Crippen LogP contribution in [0.1, 0.15) is 31.0 Å². The largest absolute Gasteiger partial charge is 0.481 e. The molecule has 8 nitrogen and oxygen atoms in total. The first-order chi connectivity index (χ1) is 12.5. The van der Waals surface area contributed by atoms with Crippen LogP contribution < -0.4 is 5.32 Å². The van der Waals surface area contributed by atoms with Crippen LogP contribution in [0.3, 0.4) is 0 Å². The first kappa shape index (κ1) is 19.0. The Bertz CT molecular complexity index is 838. The summed E-state index contributed by atoms with van der Waals surface area (Å²) >= 11 is 0. The highest BCUT2D eigenvalue weighted by atomic mass is 16.4. The van der Waals surface area contributed by atoms with Gasteiger partial charge in [-0.1, -0.05) is 19.4 Å². The highest BCUT2D eigenvalue weighted by Gasteiger charge is 2.17. The summed E-state index contributed by atoms with van der Waals surface area (Å²) in [5.41, 5.74) is 2.66. The lowest BCUT2D eigenvalue weighted by Gasteiger charge is -2.17. The number of carbonyl (C=O) groups is 2. The summed E-state index contributed by atoms with van der Waals surface area (Å²) in [5.74, 6) is -0.957. The minimum absolute atomic E-state index is 0.114. The molecule has 1 heterocycles. The number of carboxylic acids is 1. The van der Waals surface area contributed by atoms with Gasteiger partial charge in [0.25, 0.3) is 0 Å². The average Bonchev–Trinajstić information content (AvgIpc) is 3.02. The molecule has 1 aromatic heterocycles. The Morgan fingerprint density at radius 2 is 2.19 bits per heavy atom. The third-order valence-corrected chi connectivity index (χ3v) is 3.82. The van der Waals surface area contributed by atoms with Crippen LogP contribution in [0.2, 0.25) is 0 Å². The second-order valence-electron chi connectivity index (χ2n) is 5.82. The van der Waals surface area contributed by atoms with Gasteiger partial charge in [0.2, 0.25) is 0 Å². The Hall–Kier alpha value is -3.34. The molecule has 0 saturated heterocycles. The number of benzene rings is 1. The number of carboxylic acid groups (broad SMARTS) is 1. The molecule has 2 N–H and O–H groups in total. The number of amides is 2. The number of hydrogen-bond donors (Lipinski definition) is 2. The number of hydrogen-bond acceptors (Lipinski definition) is 4. The molecule has 2 aromatic rings. The topological polar surface area (TPSA) is 111 Å². The molecule has 0 bridgehead atoms. The fourth-order valence-electron chi connectivity index (χ4n) is 2.46. The van der Waals surface area contributed by atoms with E-state index in [0.717, 1.165) is 17.8 Å². The minimum Gasteiger partial charge on any atom is -0.481 e. The van der Waals surface area contributed by atoms with Gasteiger partial charge in [-0.05, 0) is 24.6 Å². The van der Waals surface area contributed by atoms with Crippen LogP contribution in [0.15, 0.2) is 30.5 Å². The van der Waals surface area contributed by atoms with Crippen molar-refractivity contribution >= 4 is 17.7 Å². The first-order valence-corrected chi connectivity index (χ1v) is 8.27. The molecule has 0 unspecified atom stereocenters. The van der Waals surface area contributed by atoms with Crippen molar-refractivity contribution in [2.75, 3.05) is 18.9 Å². The molecule has 0 fully saturated rings. The van der Waals surface area contributed by atoms with Gasteiger partial charge in [-0.2, -0.15) is 10.4 Å². The van der Waals surface area contributed by atoms with Gasteiger partial charge in [0.1, 0.15) is 0 Å². The summed E-state index contributed by atoms with van der Waals surface area (Å²) in [7, 11) is 1.54. The van der Waals surface area contributed by atoms with Crippen LogP contribution in [0.5, 0.6) is 0 Å². The van der Waals surface area contributed by atoms with E-state index in [1.807, 2.05) is 13.0 Å². The molecule has 1 aromatic carbocycles. The highest BCUT2D eigenvalue weighted by Crippen LogP contribution is 2.22.